The minimum absolute atomic E-state index is 0. The molecule has 0 aliphatic carbocycles. The zero-order chi connectivity index (χ0) is 20.1. The first-order chi connectivity index (χ1) is 13.4. The molecule has 0 bridgehead atoms. The molecule has 11 heteroatoms. The molecule has 29 heavy (non-hydrogen) atoms. The van der Waals surface area contributed by atoms with Crippen LogP contribution in [0.4, 0.5) is 23.7 Å². The maximum absolute atomic E-state index is 13.4. The molecule has 2 saturated heterocycles. The van der Waals surface area contributed by atoms with Crippen molar-refractivity contribution in [3.63, 3.8) is 0 Å². The Bertz CT molecular complexity index is 713. The van der Waals surface area contributed by atoms with Crippen molar-refractivity contribution in [2.45, 2.75) is 18.6 Å². The van der Waals surface area contributed by atoms with Crippen molar-refractivity contribution in [3.8, 4) is 0 Å². The molecule has 2 heterocycles. The zero-order valence-electron chi connectivity index (χ0n) is 15.8. The van der Waals surface area contributed by atoms with Crippen LogP contribution in [-0.2, 0) is 0 Å². The number of carbonyl (C=O) groups excluding carboxylic acids is 2. The van der Waals surface area contributed by atoms with E-state index in [1.165, 1.54) is 21.9 Å². The lowest BCUT2D eigenvalue weighted by Crippen LogP contribution is -2.57. The third-order valence-corrected chi connectivity index (χ3v) is 4.93. The number of hydrogen-bond donors (Lipinski definition) is 3. The van der Waals surface area contributed by atoms with E-state index >= 15 is 0 Å². The molecule has 3 N–H and O–H groups in total. The number of amides is 3. The standard InChI is InChI=1S/C18H24F3N5O2.ClH/c19-18(20,21)15(25-9-6-22-7-10-25)12-24-16(27)13-3-1-4-14(11-13)26-8-2-5-23-17(26)28;/h1,3-4,11,15,22H,2,5-10,12H2,(H,23,28)(H,24,27);1H. The van der Waals surface area contributed by atoms with Gasteiger partial charge in [0.05, 0.1) is 0 Å². The Hall–Kier alpha value is -2.04. The number of nitrogens with zero attached hydrogens (tertiary/aromatic N) is 2. The van der Waals surface area contributed by atoms with Crippen molar-refractivity contribution < 1.29 is 22.8 Å². The second kappa shape index (κ2) is 10.1. The molecule has 1 aromatic carbocycles. The van der Waals surface area contributed by atoms with Gasteiger partial charge in [-0.3, -0.25) is 14.6 Å². The van der Waals surface area contributed by atoms with Crippen LogP contribution in [0.3, 0.4) is 0 Å². The zero-order valence-corrected chi connectivity index (χ0v) is 16.6. The Morgan fingerprint density at radius 2 is 1.90 bits per heavy atom. The number of carbonyl (C=O) groups is 2. The Morgan fingerprint density at radius 3 is 2.55 bits per heavy atom. The van der Waals surface area contributed by atoms with Crippen LogP contribution in [-0.4, -0.2) is 74.9 Å². The average molecular weight is 436 g/mol. The van der Waals surface area contributed by atoms with Crippen LogP contribution >= 0.6 is 12.4 Å². The summed E-state index contributed by atoms with van der Waals surface area (Å²) in [5.74, 6) is -0.594. The van der Waals surface area contributed by atoms with Gasteiger partial charge in [-0.15, -0.1) is 12.4 Å². The molecule has 2 aliphatic rings. The largest absolute Gasteiger partial charge is 0.405 e. The lowest BCUT2D eigenvalue weighted by Gasteiger charge is -2.35. The minimum atomic E-state index is -4.43. The minimum Gasteiger partial charge on any atom is -0.350 e. The van der Waals surface area contributed by atoms with E-state index in [-0.39, 0.29) is 37.1 Å². The number of alkyl halides is 3. The average Bonchev–Trinajstić information content (AvgIpc) is 2.68. The number of benzene rings is 1. The molecular formula is C18H25ClF3N5O2. The highest BCUT2D eigenvalue weighted by atomic mass is 35.5. The first kappa shape index (κ1) is 23.2. The third-order valence-electron chi connectivity index (χ3n) is 4.93. The highest BCUT2D eigenvalue weighted by Gasteiger charge is 2.43. The van der Waals surface area contributed by atoms with Crippen LogP contribution in [0.25, 0.3) is 0 Å². The van der Waals surface area contributed by atoms with E-state index in [9.17, 15) is 22.8 Å². The molecule has 0 spiro atoms. The summed E-state index contributed by atoms with van der Waals surface area (Å²) in [6.07, 6.45) is -3.65. The number of halogens is 4. The summed E-state index contributed by atoms with van der Waals surface area (Å²) in [5.41, 5.74) is 0.761. The summed E-state index contributed by atoms with van der Waals surface area (Å²) < 4.78 is 40.3. The Balaban J connectivity index is 0.00000300. The van der Waals surface area contributed by atoms with Gasteiger partial charge in [-0.2, -0.15) is 13.2 Å². The first-order valence-corrected chi connectivity index (χ1v) is 9.31. The quantitative estimate of drug-likeness (QED) is 0.656. The number of piperazine rings is 1. The number of hydrogen-bond acceptors (Lipinski definition) is 4. The van der Waals surface area contributed by atoms with Crippen LogP contribution in [0.5, 0.6) is 0 Å². The van der Waals surface area contributed by atoms with Crippen LogP contribution in [0, 0.1) is 0 Å². The van der Waals surface area contributed by atoms with Crippen LogP contribution < -0.4 is 20.9 Å². The fraction of sp³-hybridized carbons (Fsp3) is 0.556. The number of rotatable bonds is 5. The molecule has 3 amide bonds. The van der Waals surface area contributed by atoms with Crippen molar-refractivity contribution >= 4 is 30.0 Å². The molecular weight excluding hydrogens is 411 g/mol. The van der Waals surface area contributed by atoms with Gasteiger partial charge in [-0.25, -0.2) is 4.79 Å². The second-order valence-electron chi connectivity index (χ2n) is 6.84. The SMILES string of the molecule is Cl.O=C(NCC(N1CCNCC1)C(F)(F)F)c1cccc(N2CCCNC2=O)c1. The molecule has 1 unspecified atom stereocenters. The van der Waals surface area contributed by atoms with Gasteiger partial charge in [0.15, 0.2) is 0 Å². The molecule has 0 aromatic heterocycles. The molecule has 162 valence electrons. The van der Waals surface area contributed by atoms with Gasteiger partial charge in [0, 0.05) is 57.1 Å². The molecule has 3 rings (SSSR count). The fourth-order valence-electron chi connectivity index (χ4n) is 3.43. The normalized spacial score (nSPS) is 19.1. The van der Waals surface area contributed by atoms with Crippen LogP contribution in [0.2, 0.25) is 0 Å². The lowest BCUT2D eigenvalue weighted by atomic mass is 10.1. The Labute approximate surface area is 173 Å². The van der Waals surface area contributed by atoms with Crippen molar-refractivity contribution in [2.24, 2.45) is 0 Å². The molecule has 2 fully saturated rings. The van der Waals surface area contributed by atoms with Crippen LogP contribution in [0.1, 0.15) is 16.8 Å². The highest BCUT2D eigenvalue weighted by Crippen LogP contribution is 2.25. The van der Waals surface area contributed by atoms with Gasteiger partial charge in [0.1, 0.15) is 6.04 Å². The van der Waals surface area contributed by atoms with E-state index in [1.54, 1.807) is 12.1 Å². The van der Waals surface area contributed by atoms with E-state index in [1.807, 2.05) is 0 Å². The maximum atomic E-state index is 13.4. The predicted molar refractivity (Wildman–Crippen MR) is 106 cm³/mol. The van der Waals surface area contributed by atoms with Gasteiger partial charge in [0.25, 0.3) is 5.91 Å². The van der Waals surface area contributed by atoms with Gasteiger partial charge in [-0.05, 0) is 24.6 Å². The van der Waals surface area contributed by atoms with Gasteiger partial charge < -0.3 is 16.0 Å². The van der Waals surface area contributed by atoms with E-state index in [0.717, 1.165) is 6.42 Å². The molecule has 1 atom stereocenters. The maximum Gasteiger partial charge on any atom is 0.405 e. The fourth-order valence-corrected chi connectivity index (χ4v) is 3.43. The van der Waals surface area contributed by atoms with E-state index < -0.39 is 24.7 Å². The molecule has 7 nitrogen and oxygen atoms in total. The first-order valence-electron chi connectivity index (χ1n) is 9.31. The van der Waals surface area contributed by atoms with Crippen molar-refractivity contribution in [1.29, 1.82) is 0 Å². The van der Waals surface area contributed by atoms with Crippen molar-refractivity contribution in [3.05, 3.63) is 29.8 Å². The topological polar surface area (TPSA) is 76.7 Å². The molecule has 1 aromatic rings. The summed E-state index contributed by atoms with van der Waals surface area (Å²) in [4.78, 5) is 27.3. The van der Waals surface area contributed by atoms with Crippen LogP contribution in [0.15, 0.2) is 24.3 Å². The monoisotopic (exact) mass is 435 g/mol. The van der Waals surface area contributed by atoms with Crippen molar-refractivity contribution in [2.75, 3.05) is 50.7 Å². The Kier molecular flexibility index (Phi) is 8.12. The summed E-state index contributed by atoms with van der Waals surface area (Å²) in [7, 11) is 0. The third kappa shape index (κ3) is 5.97. The van der Waals surface area contributed by atoms with Crippen molar-refractivity contribution in [1.82, 2.24) is 20.9 Å². The van der Waals surface area contributed by atoms with Gasteiger partial charge in [-0.1, -0.05) is 6.07 Å². The Morgan fingerprint density at radius 1 is 1.17 bits per heavy atom. The number of urea groups is 1. The van der Waals surface area contributed by atoms with E-state index in [4.69, 9.17) is 0 Å². The molecule has 0 saturated carbocycles. The summed E-state index contributed by atoms with van der Waals surface area (Å²) in [6.45, 7) is 2.13. The van der Waals surface area contributed by atoms with E-state index in [0.29, 0.717) is 31.9 Å². The number of nitrogens with one attached hydrogen (secondary N) is 3. The molecule has 2 aliphatic heterocycles. The molecule has 0 radical (unpaired) electrons. The summed E-state index contributed by atoms with van der Waals surface area (Å²) in [5, 5.41) is 8.15. The van der Waals surface area contributed by atoms with Gasteiger partial charge in [0.2, 0.25) is 0 Å². The number of anilines is 1. The predicted octanol–water partition coefficient (Wildman–Crippen LogP) is 1.59. The highest BCUT2D eigenvalue weighted by molar-refractivity contribution is 5.97. The second-order valence-corrected chi connectivity index (χ2v) is 6.84. The van der Waals surface area contributed by atoms with Gasteiger partial charge >= 0.3 is 12.2 Å². The van der Waals surface area contributed by atoms with E-state index in [2.05, 4.69) is 16.0 Å². The smallest absolute Gasteiger partial charge is 0.350 e. The summed E-state index contributed by atoms with van der Waals surface area (Å²) in [6, 6.07) is 4.38. The lowest BCUT2D eigenvalue weighted by molar-refractivity contribution is -0.183. The summed E-state index contributed by atoms with van der Waals surface area (Å²) >= 11 is 0.